The van der Waals surface area contributed by atoms with E-state index in [2.05, 4.69) is 0 Å². The molecule has 2 aromatic carbocycles. The Labute approximate surface area is 206 Å². The Morgan fingerprint density at radius 1 is 0.941 bits per heavy atom. The van der Waals surface area contributed by atoms with Gasteiger partial charge in [-0.05, 0) is 43.2 Å². The normalized spacial score (nSPS) is 24.5. The molecule has 9 heteroatoms. The van der Waals surface area contributed by atoms with Crippen molar-refractivity contribution in [3.63, 3.8) is 0 Å². The molecule has 2 aromatic rings. The summed E-state index contributed by atoms with van der Waals surface area (Å²) < 4.78 is 5.55. The highest BCUT2D eigenvalue weighted by atomic mass is 35.5. The molecular formula is C25H22Cl2N2O5. The lowest BCUT2D eigenvalue weighted by molar-refractivity contribution is -0.139. The molecule has 0 unspecified atom stereocenters. The minimum Gasteiger partial charge on any atom is -0.426 e. The third kappa shape index (κ3) is 4.07. The molecule has 0 radical (unpaired) electrons. The molecule has 3 aliphatic rings. The van der Waals surface area contributed by atoms with Crippen LogP contribution < -0.4 is 14.5 Å². The molecule has 0 spiro atoms. The van der Waals surface area contributed by atoms with E-state index in [0.717, 1.165) is 25.7 Å². The van der Waals surface area contributed by atoms with Crippen LogP contribution in [-0.4, -0.2) is 30.2 Å². The van der Waals surface area contributed by atoms with Crippen LogP contribution in [0.25, 0.3) is 0 Å². The minimum absolute atomic E-state index is 0.0200. The van der Waals surface area contributed by atoms with Crippen molar-refractivity contribution in [3.05, 3.63) is 52.5 Å². The highest BCUT2D eigenvalue weighted by molar-refractivity contribution is 6.36. The average molecular weight is 501 g/mol. The number of benzene rings is 2. The second kappa shape index (κ2) is 9.04. The smallest absolute Gasteiger partial charge is 0.316 e. The van der Waals surface area contributed by atoms with Gasteiger partial charge in [0.05, 0.1) is 34.2 Å². The number of amides is 3. The Kier molecular flexibility index (Phi) is 6.08. The van der Waals surface area contributed by atoms with Crippen molar-refractivity contribution in [1.82, 2.24) is 0 Å². The molecule has 176 valence electrons. The summed E-state index contributed by atoms with van der Waals surface area (Å²) in [5, 5.41) is 0.792. The van der Waals surface area contributed by atoms with Crippen LogP contribution >= 0.6 is 23.2 Å². The van der Waals surface area contributed by atoms with Crippen molar-refractivity contribution in [2.45, 2.75) is 32.1 Å². The zero-order valence-electron chi connectivity index (χ0n) is 18.2. The molecule has 2 aliphatic heterocycles. The third-order valence-electron chi connectivity index (χ3n) is 6.79. The quantitative estimate of drug-likeness (QED) is 0.347. The van der Waals surface area contributed by atoms with Crippen molar-refractivity contribution in [2.24, 2.45) is 17.8 Å². The first-order chi connectivity index (χ1) is 16.3. The van der Waals surface area contributed by atoms with Gasteiger partial charge in [-0.1, -0.05) is 42.1 Å². The number of rotatable bonds is 4. The number of hydrogen-bond acceptors (Lipinski definition) is 5. The lowest BCUT2D eigenvalue weighted by Crippen LogP contribution is -2.31. The predicted molar refractivity (Wildman–Crippen MR) is 127 cm³/mol. The van der Waals surface area contributed by atoms with Crippen LogP contribution in [0.15, 0.2) is 42.5 Å². The highest BCUT2D eigenvalue weighted by Crippen LogP contribution is 2.41. The summed E-state index contributed by atoms with van der Waals surface area (Å²) >= 11 is 12.3. The van der Waals surface area contributed by atoms with E-state index in [1.165, 1.54) is 15.9 Å². The molecule has 34 heavy (non-hydrogen) atoms. The van der Waals surface area contributed by atoms with Gasteiger partial charge in [-0.15, -0.1) is 0 Å². The predicted octanol–water partition coefficient (Wildman–Crippen LogP) is 4.63. The van der Waals surface area contributed by atoms with Gasteiger partial charge in [0.25, 0.3) is 0 Å². The lowest BCUT2D eigenvalue weighted by atomic mass is 9.81. The maximum Gasteiger partial charge on any atom is 0.316 e. The Hall–Kier alpha value is -2.90. The molecule has 0 bridgehead atoms. The Bertz CT molecular complexity index is 1180. The molecule has 7 nitrogen and oxygen atoms in total. The van der Waals surface area contributed by atoms with Gasteiger partial charge in [0.15, 0.2) is 0 Å². The summed E-state index contributed by atoms with van der Waals surface area (Å²) in [6, 6.07) is 11.2. The number of carbonyl (C=O) groups is 4. The molecule has 1 aliphatic carbocycles. The molecular weight excluding hydrogens is 479 g/mol. The van der Waals surface area contributed by atoms with Gasteiger partial charge in [0, 0.05) is 24.1 Å². The molecule has 3 amide bonds. The zero-order chi connectivity index (χ0) is 24.0. The summed E-state index contributed by atoms with van der Waals surface area (Å²) in [4.78, 5) is 53.8. The number of hydrogen-bond donors (Lipinski definition) is 0. The first kappa shape index (κ1) is 22.9. The second-order valence-corrected chi connectivity index (χ2v) is 9.77. The van der Waals surface area contributed by atoms with Crippen LogP contribution in [0.4, 0.5) is 11.4 Å². The third-order valence-corrected chi connectivity index (χ3v) is 7.35. The largest absolute Gasteiger partial charge is 0.426 e. The fourth-order valence-electron chi connectivity index (χ4n) is 5.09. The molecule has 2 saturated heterocycles. The number of nitrogens with zero attached hydrogens (tertiary/aromatic N) is 2. The maximum atomic E-state index is 12.9. The van der Waals surface area contributed by atoms with Gasteiger partial charge in [0.1, 0.15) is 5.75 Å². The van der Waals surface area contributed by atoms with E-state index in [1.54, 1.807) is 36.4 Å². The van der Waals surface area contributed by atoms with Gasteiger partial charge in [-0.25, -0.2) is 4.90 Å². The molecule has 3 fully saturated rings. The number of carbonyl (C=O) groups excluding carboxylic acids is 4. The van der Waals surface area contributed by atoms with Gasteiger partial charge in [-0.2, -0.15) is 0 Å². The van der Waals surface area contributed by atoms with Crippen LogP contribution in [0.3, 0.4) is 0 Å². The first-order valence-electron chi connectivity index (χ1n) is 11.3. The summed E-state index contributed by atoms with van der Waals surface area (Å²) in [5.41, 5.74) is 0.841. The van der Waals surface area contributed by atoms with Gasteiger partial charge in [0.2, 0.25) is 17.7 Å². The lowest BCUT2D eigenvalue weighted by Gasteiger charge is -2.19. The standard InChI is InChI=1S/C25H22Cl2N2O5/c26-15-8-9-20(27)21(11-15)28-13-14(10-22(28)30)25(33)34-17-5-3-4-16(12-17)29-23(31)18-6-1-2-7-19(18)24(29)32/h3-5,8-9,11-12,14,18-19H,1-2,6-7,10,13H2/t14-,18-,19+/m1/s1. The van der Waals surface area contributed by atoms with E-state index < -0.39 is 11.9 Å². The van der Waals surface area contributed by atoms with Gasteiger partial charge in [-0.3, -0.25) is 19.2 Å². The molecule has 5 rings (SSSR count). The number of fused-ring (bicyclic) bond motifs is 1. The monoisotopic (exact) mass is 500 g/mol. The van der Waals surface area contributed by atoms with Crippen molar-refractivity contribution in [3.8, 4) is 5.75 Å². The summed E-state index contributed by atoms with van der Waals surface area (Å²) in [6.45, 7) is 0.115. The van der Waals surface area contributed by atoms with Crippen LogP contribution in [0.5, 0.6) is 5.75 Å². The van der Waals surface area contributed by atoms with E-state index in [9.17, 15) is 19.2 Å². The van der Waals surface area contributed by atoms with Crippen LogP contribution in [0.1, 0.15) is 32.1 Å². The van der Waals surface area contributed by atoms with Crippen LogP contribution in [0.2, 0.25) is 10.0 Å². The van der Waals surface area contributed by atoms with E-state index >= 15 is 0 Å². The number of esters is 1. The second-order valence-electron chi connectivity index (χ2n) is 8.93. The van der Waals surface area contributed by atoms with Crippen molar-refractivity contribution < 1.29 is 23.9 Å². The summed E-state index contributed by atoms with van der Waals surface area (Å²) in [5.74, 6) is -2.20. The SMILES string of the molecule is O=C(Oc1cccc(N2C(=O)[C@H]3CCCC[C@H]3C2=O)c1)[C@@H]1CC(=O)N(c2cc(Cl)ccc2Cl)C1. The topological polar surface area (TPSA) is 84.0 Å². The number of imide groups is 1. The molecule has 2 heterocycles. The Balaban J connectivity index is 1.30. The number of anilines is 2. The Morgan fingerprint density at radius 3 is 2.35 bits per heavy atom. The summed E-state index contributed by atoms with van der Waals surface area (Å²) in [7, 11) is 0. The minimum atomic E-state index is -0.691. The molecule has 0 N–H and O–H groups in total. The van der Waals surface area contributed by atoms with Crippen molar-refractivity contribution in [1.29, 1.82) is 0 Å². The number of ether oxygens (including phenoxy) is 1. The van der Waals surface area contributed by atoms with E-state index in [-0.39, 0.29) is 48.3 Å². The van der Waals surface area contributed by atoms with Crippen LogP contribution in [0, 0.1) is 17.8 Å². The molecule has 0 aromatic heterocycles. The van der Waals surface area contributed by atoms with E-state index in [4.69, 9.17) is 27.9 Å². The van der Waals surface area contributed by atoms with E-state index in [0.29, 0.717) is 21.4 Å². The Morgan fingerprint density at radius 2 is 1.65 bits per heavy atom. The fourth-order valence-corrected chi connectivity index (χ4v) is 5.48. The van der Waals surface area contributed by atoms with E-state index in [1.807, 2.05) is 0 Å². The van der Waals surface area contributed by atoms with Crippen molar-refractivity contribution in [2.75, 3.05) is 16.3 Å². The first-order valence-corrected chi connectivity index (χ1v) is 12.0. The van der Waals surface area contributed by atoms with Crippen molar-refractivity contribution >= 4 is 58.3 Å². The fraction of sp³-hybridized carbons (Fsp3) is 0.360. The van der Waals surface area contributed by atoms with Gasteiger partial charge < -0.3 is 9.64 Å². The molecule has 3 atom stereocenters. The van der Waals surface area contributed by atoms with Crippen LogP contribution in [-0.2, 0) is 19.2 Å². The average Bonchev–Trinajstić information content (AvgIpc) is 3.33. The van der Waals surface area contributed by atoms with Gasteiger partial charge >= 0.3 is 5.97 Å². The molecule has 1 saturated carbocycles. The summed E-state index contributed by atoms with van der Waals surface area (Å²) in [6.07, 6.45) is 3.33. The number of halogens is 2. The zero-order valence-corrected chi connectivity index (χ0v) is 19.7. The maximum absolute atomic E-state index is 12.9. The highest BCUT2D eigenvalue weighted by Gasteiger charge is 2.48.